The first-order valence-corrected chi connectivity index (χ1v) is 6.57. The Labute approximate surface area is 110 Å². The molecular formula is C12H19F3O2S. The van der Waals surface area contributed by atoms with Gasteiger partial charge in [0.1, 0.15) is 0 Å². The molecule has 106 valence electrons. The zero-order valence-electron chi connectivity index (χ0n) is 10.8. The normalized spacial score (nSPS) is 13.0. The summed E-state index contributed by atoms with van der Waals surface area (Å²) in [5.41, 5.74) is -4.72. The van der Waals surface area contributed by atoms with Gasteiger partial charge in [0.25, 0.3) is 0 Å². The van der Waals surface area contributed by atoms with Crippen LogP contribution in [0.2, 0.25) is 0 Å². The molecule has 0 spiro atoms. The second-order valence-electron chi connectivity index (χ2n) is 4.82. The lowest BCUT2D eigenvalue weighted by Crippen LogP contribution is -2.23. The second kappa shape index (κ2) is 7.71. The fourth-order valence-corrected chi connectivity index (χ4v) is 1.33. The number of alkyl halides is 3. The Morgan fingerprint density at radius 1 is 1.22 bits per heavy atom. The average Bonchev–Trinajstić information content (AvgIpc) is 2.18. The van der Waals surface area contributed by atoms with Crippen molar-refractivity contribution in [1.82, 2.24) is 0 Å². The highest BCUT2D eigenvalue weighted by atomic mass is 32.2. The molecule has 0 saturated carbocycles. The molecule has 0 heterocycles. The van der Waals surface area contributed by atoms with Crippen molar-refractivity contribution in [2.24, 2.45) is 5.41 Å². The van der Waals surface area contributed by atoms with Gasteiger partial charge in [-0.25, -0.2) is 0 Å². The van der Waals surface area contributed by atoms with Crippen molar-refractivity contribution in [3.05, 3.63) is 11.5 Å². The van der Waals surface area contributed by atoms with Crippen molar-refractivity contribution in [2.75, 3.05) is 6.61 Å². The maximum Gasteiger partial charge on any atom is 0.445 e. The highest BCUT2D eigenvalue weighted by Gasteiger charge is 2.26. The monoisotopic (exact) mass is 284 g/mol. The minimum atomic E-state index is -4.21. The molecule has 0 aliphatic rings. The number of carbonyl (C=O) groups excluding carboxylic acids is 1. The molecule has 0 bridgehead atoms. The first-order chi connectivity index (χ1) is 8.13. The summed E-state index contributed by atoms with van der Waals surface area (Å²) in [7, 11) is 0. The molecule has 0 aromatic heterocycles. The van der Waals surface area contributed by atoms with Gasteiger partial charge in [-0.15, -0.1) is 0 Å². The van der Waals surface area contributed by atoms with Gasteiger partial charge in [-0.05, 0) is 57.2 Å². The number of hydrogen-bond acceptors (Lipinski definition) is 3. The molecule has 2 nitrogen and oxygen atoms in total. The van der Waals surface area contributed by atoms with Crippen LogP contribution in [0, 0.1) is 5.41 Å². The lowest BCUT2D eigenvalue weighted by molar-refractivity contribution is -0.153. The fourth-order valence-electron chi connectivity index (χ4n) is 0.939. The summed E-state index contributed by atoms with van der Waals surface area (Å²) in [4.78, 5) is 11.3. The Balaban J connectivity index is 3.50. The van der Waals surface area contributed by atoms with Gasteiger partial charge in [0.2, 0.25) is 0 Å². The average molecular weight is 284 g/mol. The first kappa shape index (κ1) is 17.4. The number of esters is 1. The van der Waals surface area contributed by atoms with Gasteiger partial charge in [-0.1, -0.05) is 6.08 Å². The third-order valence-electron chi connectivity index (χ3n) is 1.91. The van der Waals surface area contributed by atoms with Crippen molar-refractivity contribution >= 4 is 17.7 Å². The summed E-state index contributed by atoms with van der Waals surface area (Å²) < 4.78 is 40.2. The summed E-state index contributed by atoms with van der Waals surface area (Å²) in [6.45, 7) is 5.63. The number of allylic oxidation sites excluding steroid dienone is 1. The maximum atomic E-state index is 11.7. The molecule has 0 rings (SSSR count). The van der Waals surface area contributed by atoms with Crippen LogP contribution in [0.3, 0.4) is 0 Å². The summed E-state index contributed by atoms with van der Waals surface area (Å²) in [6, 6.07) is 0. The van der Waals surface area contributed by atoms with Crippen LogP contribution in [0.4, 0.5) is 13.2 Å². The summed E-state index contributed by atoms with van der Waals surface area (Å²) in [6.07, 6.45) is 3.38. The molecule has 6 heteroatoms. The van der Waals surface area contributed by atoms with Crippen molar-refractivity contribution in [3.63, 3.8) is 0 Å². The molecule has 18 heavy (non-hydrogen) atoms. The van der Waals surface area contributed by atoms with Gasteiger partial charge in [0.05, 0.1) is 12.0 Å². The quantitative estimate of drug-likeness (QED) is 0.530. The van der Waals surface area contributed by atoms with Crippen LogP contribution in [0.5, 0.6) is 0 Å². The minimum Gasteiger partial charge on any atom is -0.465 e. The van der Waals surface area contributed by atoms with E-state index < -0.39 is 10.9 Å². The van der Waals surface area contributed by atoms with Gasteiger partial charge in [0, 0.05) is 0 Å². The lowest BCUT2D eigenvalue weighted by Gasteiger charge is -2.16. The summed E-state index contributed by atoms with van der Waals surface area (Å²) in [5.74, 6) is -0.259. The van der Waals surface area contributed by atoms with Crippen molar-refractivity contribution in [2.45, 2.75) is 45.5 Å². The van der Waals surface area contributed by atoms with Gasteiger partial charge in [0.15, 0.2) is 0 Å². The topological polar surface area (TPSA) is 26.3 Å². The van der Waals surface area contributed by atoms with Gasteiger partial charge >= 0.3 is 11.5 Å². The largest absolute Gasteiger partial charge is 0.465 e. The van der Waals surface area contributed by atoms with Crippen LogP contribution in [0.1, 0.15) is 40.0 Å². The number of ether oxygens (including phenoxy) is 1. The molecule has 0 unspecified atom stereocenters. The SMILES string of the molecule is CC(C)(C)C(=O)OCCCC/C=C/SC(F)(F)F. The van der Waals surface area contributed by atoms with E-state index in [0.717, 1.165) is 5.41 Å². The molecule has 0 saturated heterocycles. The Hall–Kier alpha value is -0.650. The highest BCUT2D eigenvalue weighted by molar-refractivity contribution is 8.02. The van der Waals surface area contributed by atoms with E-state index in [-0.39, 0.29) is 17.7 Å². The minimum absolute atomic E-state index is 0.160. The zero-order valence-corrected chi connectivity index (χ0v) is 11.7. The number of thioether (sulfide) groups is 1. The Morgan fingerprint density at radius 3 is 2.33 bits per heavy atom. The van der Waals surface area contributed by atoms with E-state index in [0.29, 0.717) is 25.9 Å². The lowest BCUT2D eigenvalue weighted by atomic mass is 9.97. The molecule has 0 N–H and O–H groups in total. The highest BCUT2D eigenvalue weighted by Crippen LogP contribution is 2.30. The van der Waals surface area contributed by atoms with Crippen LogP contribution < -0.4 is 0 Å². The fraction of sp³-hybridized carbons (Fsp3) is 0.750. The number of hydrogen-bond donors (Lipinski definition) is 0. The van der Waals surface area contributed by atoms with Gasteiger partial charge in [-0.3, -0.25) is 4.79 Å². The van der Waals surface area contributed by atoms with Crippen molar-refractivity contribution in [1.29, 1.82) is 0 Å². The predicted octanol–water partition coefficient (Wildman–Crippen LogP) is 4.51. The molecule has 0 fully saturated rings. The molecule has 0 aromatic rings. The smallest absolute Gasteiger partial charge is 0.445 e. The standard InChI is InChI=1S/C12H19F3O2S/c1-11(2,3)10(16)17-8-6-4-5-7-9-18-12(13,14)15/h7,9H,4-6,8H2,1-3H3/b9-7+. The molecule has 0 atom stereocenters. The number of unbranched alkanes of at least 4 members (excludes halogenated alkanes) is 2. The van der Waals surface area contributed by atoms with E-state index in [1.54, 1.807) is 20.8 Å². The predicted molar refractivity (Wildman–Crippen MR) is 67.1 cm³/mol. The van der Waals surface area contributed by atoms with E-state index in [2.05, 4.69) is 0 Å². The second-order valence-corrected chi connectivity index (χ2v) is 5.79. The zero-order chi connectivity index (χ0) is 14.2. The molecule has 0 radical (unpaired) electrons. The molecule has 0 aliphatic heterocycles. The van der Waals surface area contributed by atoms with E-state index >= 15 is 0 Å². The van der Waals surface area contributed by atoms with Gasteiger partial charge < -0.3 is 4.74 Å². The van der Waals surface area contributed by atoms with Crippen molar-refractivity contribution in [3.8, 4) is 0 Å². The molecular weight excluding hydrogens is 265 g/mol. The first-order valence-electron chi connectivity index (χ1n) is 5.70. The van der Waals surface area contributed by atoms with Crippen molar-refractivity contribution < 1.29 is 22.7 Å². The van der Waals surface area contributed by atoms with E-state index in [4.69, 9.17) is 4.74 Å². The van der Waals surface area contributed by atoms with Crippen LogP contribution in [0.15, 0.2) is 11.5 Å². The van der Waals surface area contributed by atoms with Crippen LogP contribution in [-0.2, 0) is 9.53 Å². The Bertz CT molecular complexity index is 280. The molecule has 0 amide bonds. The van der Waals surface area contributed by atoms with E-state index in [9.17, 15) is 18.0 Å². The number of halogens is 3. The van der Waals surface area contributed by atoms with Crippen LogP contribution >= 0.6 is 11.8 Å². The van der Waals surface area contributed by atoms with E-state index in [1.807, 2.05) is 0 Å². The van der Waals surface area contributed by atoms with Gasteiger partial charge in [-0.2, -0.15) is 13.2 Å². The summed E-state index contributed by atoms with van der Waals surface area (Å²) >= 11 is -0.160. The number of rotatable bonds is 6. The van der Waals surface area contributed by atoms with Crippen LogP contribution in [0.25, 0.3) is 0 Å². The van der Waals surface area contributed by atoms with Crippen LogP contribution in [-0.4, -0.2) is 18.1 Å². The third-order valence-corrected chi connectivity index (χ3v) is 2.50. The maximum absolute atomic E-state index is 11.7. The Kier molecular flexibility index (Phi) is 7.43. The number of carbonyl (C=O) groups is 1. The molecule has 0 aliphatic carbocycles. The summed E-state index contributed by atoms with van der Waals surface area (Å²) in [5, 5.41) is 1.04. The third kappa shape index (κ3) is 10.5. The Morgan fingerprint density at radius 2 is 1.83 bits per heavy atom. The molecule has 0 aromatic carbocycles. The van der Waals surface area contributed by atoms with E-state index in [1.165, 1.54) is 6.08 Å².